The molecule has 29 heavy (non-hydrogen) atoms. The summed E-state index contributed by atoms with van der Waals surface area (Å²) in [6.45, 7) is 2.79. The van der Waals surface area contributed by atoms with Crippen molar-refractivity contribution in [2.45, 2.75) is 13.5 Å². The number of amides is 1. The number of carbonyl (C=O) groups is 3. The molecule has 0 aliphatic heterocycles. The molecule has 2 aromatic carbocycles. The van der Waals surface area contributed by atoms with Gasteiger partial charge in [0.25, 0.3) is 0 Å². The van der Waals surface area contributed by atoms with E-state index in [-0.39, 0.29) is 24.3 Å². The summed E-state index contributed by atoms with van der Waals surface area (Å²) in [5, 5.41) is 2.81. The van der Waals surface area contributed by atoms with Gasteiger partial charge in [-0.05, 0) is 29.8 Å². The Morgan fingerprint density at radius 2 is 1.62 bits per heavy atom. The molecule has 0 aromatic heterocycles. The molecular formula is C22H26N2O5. The maximum atomic E-state index is 12.5. The summed E-state index contributed by atoms with van der Waals surface area (Å²) in [6.07, 6.45) is 0. The number of carbonyl (C=O) groups excluding carboxylic acids is 3. The van der Waals surface area contributed by atoms with Gasteiger partial charge in [0.1, 0.15) is 0 Å². The molecule has 0 radical (unpaired) electrons. The minimum Gasteiger partial charge on any atom is -0.469 e. The average Bonchev–Trinajstić information content (AvgIpc) is 2.73. The van der Waals surface area contributed by atoms with Crippen molar-refractivity contribution in [3.63, 3.8) is 0 Å². The highest BCUT2D eigenvalue weighted by Gasteiger charge is 2.20. The molecule has 0 aliphatic rings. The van der Waals surface area contributed by atoms with Crippen LogP contribution in [0.1, 0.15) is 22.8 Å². The number of esters is 2. The van der Waals surface area contributed by atoms with E-state index in [1.807, 2.05) is 35.2 Å². The monoisotopic (exact) mass is 398 g/mol. The topological polar surface area (TPSA) is 84.9 Å². The fourth-order valence-electron chi connectivity index (χ4n) is 2.90. The molecule has 0 spiro atoms. The SMILES string of the molecule is COC(=O)c1ccc(NC(=O)CN(Cc2ccccc2)CC(C)C(=O)OC)cc1. The molecule has 0 saturated carbocycles. The van der Waals surface area contributed by atoms with E-state index in [1.165, 1.54) is 14.2 Å². The molecule has 1 N–H and O–H groups in total. The Hall–Kier alpha value is -3.19. The van der Waals surface area contributed by atoms with Crippen LogP contribution >= 0.6 is 0 Å². The molecule has 1 amide bonds. The zero-order chi connectivity index (χ0) is 21.2. The third kappa shape index (κ3) is 7.04. The Bertz CT molecular complexity index is 821. The summed E-state index contributed by atoms with van der Waals surface area (Å²) >= 11 is 0. The molecule has 2 aromatic rings. The number of methoxy groups -OCH3 is 2. The van der Waals surface area contributed by atoms with Crippen LogP contribution in [0.3, 0.4) is 0 Å². The second kappa shape index (κ2) is 11.0. The minimum absolute atomic E-state index is 0.106. The van der Waals surface area contributed by atoms with Crippen molar-refractivity contribution < 1.29 is 23.9 Å². The van der Waals surface area contributed by atoms with Gasteiger partial charge in [-0.1, -0.05) is 37.3 Å². The predicted molar refractivity (Wildman–Crippen MR) is 109 cm³/mol. The number of hydrogen-bond donors (Lipinski definition) is 1. The van der Waals surface area contributed by atoms with Gasteiger partial charge in [0, 0.05) is 18.8 Å². The van der Waals surface area contributed by atoms with Crippen molar-refractivity contribution in [1.82, 2.24) is 4.90 Å². The van der Waals surface area contributed by atoms with Crippen LogP contribution in [0.25, 0.3) is 0 Å². The summed E-state index contributed by atoms with van der Waals surface area (Å²) in [6, 6.07) is 16.2. The number of hydrogen-bond acceptors (Lipinski definition) is 6. The summed E-state index contributed by atoms with van der Waals surface area (Å²) in [7, 11) is 2.67. The summed E-state index contributed by atoms with van der Waals surface area (Å²) < 4.78 is 9.46. The standard InChI is InChI=1S/C22H26N2O5/c1-16(21(26)28-2)13-24(14-17-7-5-4-6-8-17)15-20(25)23-19-11-9-18(10-12-19)22(27)29-3/h4-12,16H,13-15H2,1-3H3,(H,23,25). The quantitative estimate of drug-likeness (QED) is 0.654. The van der Waals surface area contributed by atoms with Crippen LogP contribution in [0.2, 0.25) is 0 Å². The lowest BCUT2D eigenvalue weighted by Crippen LogP contribution is -2.37. The van der Waals surface area contributed by atoms with E-state index in [0.29, 0.717) is 24.3 Å². The Balaban J connectivity index is 2.03. The zero-order valence-corrected chi connectivity index (χ0v) is 16.9. The maximum Gasteiger partial charge on any atom is 0.337 e. The van der Waals surface area contributed by atoms with E-state index in [0.717, 1.165) is 5.56 Å². The lowest BCUT2D eigenvalue weighted by atomic mass is 10.1. The van der Waals surface area contributed by atoms with Crippen LogP contribution in [-0.4, -0.2) is 50.1 Å². The third-order valence-electron chi connectivity index (χ3n) is 4.34. The van der Waals surface area contributed by atoms with E-state index >= 15 is 0 Å². The number of nitrogens with one attached hydrogen (secondary N) is 1. The first-order chi connectivity index (χ1) is 13.9. The van der Waals surface area contributed by atoms with Crippen LogP contribution in [-0.2, 0) is 25.6 Å². The van der Waals surface area contributed by atoms with Crippen LogP contribution in [0.4, 0.5) is 5.69 Å². The van der Waals surface area contributed by atoms with Gasteiger partial charge in [0.15, 0.2) is 0 Å². The van der Waals surface area contributed by atoms with Crippen molar-refractivity contribution in [3.8, 4) is 0 Å². The molecule has 1 unspecified atom stereocenters. The average molecular weight is 398 g/mol. The van der Waals surface area contributed by atoms with Crippen molar-refractivity contribution in [3.05, 3.63) is 65.7 Å². The molecular weight excluding hydrogens is 372 g/mol. The van der Waals surface area contributed by atoms with Crippen molar-refractivity contribution in [1.29, 1.82) is 0 Å². The first kappa shape index (κ1) is 22.1. The van der Waals surface area contributed by atoms with Gasteiger partial charge in [-0.15, -0.1) is 0 Å². The smallest absolute Gasteiger partial charge is 0.337 e. The van der Waals surface area contributed by atoms with E-state index < -0.39 is 5.97 Å². The summed E-state index contributed by atoms with van der Waals surface area (Å²) in [5.74, 6) is -1.34. The number of anilines is 1. The Morgan fingerprint density at radius 3 is 2.21 bits per heavy atom. The molecule has 7 nitrogen and oxygen atoms in total. The van der Waals surface area contributed by atoms with E-state index in [4.69, 9.17) is 4.74 Å². The number of benzene rings is 2. The second-order valence-corrected chi connectivity index (χ2v) is 6.70. The molecule has 0 fully saturated rings. The lowest BCUT2D eigenvalue weighted by Gasteiger charge is -2.24. The fourth-order valence-corrected chi connectivity index (χ4v) is 2.90. The van der Waals surface area contributed by atoms with E-state index in [2.05, 4.69) is 10.1 Å². The first-order valence-electron chi connectivity index (χ1n) is 9.25. The zero-order valence-electron chi connectivity index (χ0n) is 16.9. The molecule has 0 saturated heterocycles. The van der Waals surface area contributed by atoms with Gasteiger partial charge in [-0.25, -0.2) is 4.79 Å². The van der Waals surface area contributed by atoms with Crippen LogP contribution in [0.15, 0.2) is 54.6 Å². The highest BCUT2D eigenvalue weighted by atomic mass is 16.5. The number of nitrogens with zero attached hydrogens (tertiary/aromatic N) is 1. The van der Waals surface area contributed by atoms with Gasteiger partial charge in [0.05, 0.1) is 32.2 Å². The molecule has 154 valence electrons. The molecule has 2 rings (SSSR count). The first-order valence-corrected chi connectivity index (χ1v) is 9.25. The number of ether oxygens (including phenoxy) is 2. The molecule has 0 aliphatic carbocycles. The second-order valence-electron chi connectivity index (χ2n) is 6.70. The Labute approximate surface area is 170 Å². The van der Waals surface area contributed by atoms with E-state index in [1.54, 1.807) is 31.2 Å². The molecule has 0 bridgehead atoms. The summed E-state index contributed by atoms with van der Waals surface area (Å²) in [5.41, 5.74) is 2.02. The van der Waals surface area contributed by atoms with Crippen molar-refractivity contribution in [2.24, 2.45) is 5.92 Å². The minimum atomic E-state index is -0.436. The van der Waals surface area contributed by atoms with Gasteiger partial charge < -0.3 is 14.8 Å². The van der Waals surface area contributed by atoms with Crippen LogP contribution in [0, 0.1) is 5.92 Å². The summed E-state index contributed by atoms with van der Waals surface area (Å²) in [4.78, 5) is 37.7. The lowest BCUT2D eigenvalue weighted by molar-refractivity contribution is -0.145. The van der Waals surface area contributed by atoms with Crippen LogP contribution < -0.4 is 5.32 Å². The molecule has 0 heterocycles. The number of rotatable bonds is 9. The third-order valence-corrected chi connectivity index (χ3v) is 4.34. The highest BCUT2D eigenvalue weighted by Crippen LogP contribution is 2.12. The van der Waals surface area contributed by atoms with Crippen LogP contribution in [0.5, 0.6) is 0 Å². The maximum absolute atomic E-state index is 12.5. The fraction of sp³-hybridized carbons (Fsp3) is 0.318. The highest BCUT2D eigenvalue weighted by molar-refractivity contribution is 5.94. The van der Waals surface area contributed by atoms with Gasteiger partial charge in [-0.2, -0.15) is 0 Å². The van der Waals surface area contributed by atoms with Crippen molar-refractivity contribution in [2.75, 3.05) is 32.6 Å². The van der Waals surface area contributed by atoms with Gasteiger partial charge in [-0.3, -0.25) is 14.5 Å². The van der Waals surface area contributed by atoms with Gasteiger partial charge in [0.2, 0.25) is 5.91 Å². The molecule has 1 atom stereocenters. The normalized spacial score (nSPS) is 11.6. The Morgan fingerprint density at radius 1 is 0.966 bits per heavy atom. The Kier molecular flexibility index (Phi) is 8.36. The molecule has 7 heteroatoms. The van der Waals surface area contributed by atoms with E-state index in [9.17, 15) is 14.4 Å². The largest absolute Gasteiger partial charge is 0.469 e. The van der Waals surface area contributed by atoms with Crippen molar-refractivity contribution >= 4 is 23.5 Å². The van der Waals surface area contributed by atoms with Gasteiger partial charge >= 0.3 is 11.9 Å². The predicted octanol–water partition coefficient (Wildman–Crippen LogP) is 2.72.